The molecule has 0 aromatic heterocycles. The first-order valence-electron chi connectivity index (χ1n) is 8.59. The summed E-state index contributed by atoms with van der Waals surface area (Å²) in [6.45, 7) is 3.52. The number of ether oxygens (including phenoxy) is 2. The predicted molar refractivity (Wildman–Crippen MR) is 98.3 cm³/mol. The minimum absolute atomic E-state index is 0.261. The quantitative estimate of drug-likeness (QED) is 0.555. The number of esters is 1. The monoisotopic (exact) mass is 356 g/mol. The zero-order chi connectivity index (χ0) is 18.4. The van der Waals surface area contributed by atoms with Gasteiger partial charge in [-0.2, -0.15) is 5.10 Å². The van der Waals surface area contributed by atoms with Crippen molar-refractivity contribution in [2.75, 3.05) is 24.8 Å². The Bertz CT molecular complexity index is 773. The smallest absolute Gasteiger partial charge is 0.338 e. The van der Waals surface area contributed by atoms with Crippen LogP contribution in [0.15, 0.2) is 53.6 Å². The maximum Gasteiger partial charge on any atom is 0.338 e. The SMILES string of the molecule is CC1=NN(c2ccc(C(=O)OCCCOc3ccc(F)cc3)cc2)CC1. The Hall–Kier alpha value is -2.89. The zero-order valence-electron chi connectivity index (χ0n) is 14.7. The molecule has 1 heterocycles. The Labute approximate surface area is 152 Å². The highest BCUT2D eigenvalue weighted by Crippen LogP contribution is 2.20. The van der Waals surface area contributed by atoms with Crippen molar-refractivity contribution in [1.29, 1.82) is 0 Å². The summed E-state index contributed by atoms with van der Waals surface area (Å²) in [4.78, 5) is 12.1. The van der Waals surface area contributed by atoms with Crippen LogP contribution in [0.2, 0.25) is 0 Å². The third kappa shape index (κ3) is 4.81. The molecule has 0 amide bonds. The molecule has 26 heavy (non-hydrogen) atoms. The molecule has 136 valence electrons. The highest BCUT2D eigenvalue weighted by Gasteiger charge is 2.14. The molecular weight excluding hydrogens is 335 g/mol. The molecule has 1 aliphatic heterocycles. The van der Waals surface area contributed by atoms with E-state index in [4.69, 9.17) is 9.47 Å². The van der Waals surface area contributed by atoms with Crippen molar-refractivity contribution in [3.63, 3.8) is 0 Å². The van der Waals surface area contributed by atoms with Crippen LogP contribution in [-0.4, -0.2) is 31.4 Å². The number of carbonyl (C=O) groups is 1. The second-order valence-corrected chi connectivity index (χ2v) is 6.05. The summed E-state index contributed by atoms with van der Waals surface area (Å²) >= 11 is 0. The number of hydrogen-bond acceptors (Lipinski definition) is 5. The van der Waals surface area contributed by atoms with Crippen LogP contribution < -0.4 is 9.75 Å². The number of rotatable bonds is 7. The molecule has 0 N–H and O–H groups in total. The molecule has 5 nitrogen and oxygen atoms in total. The summed E-state index contributed by atoms with van der Waals surface area (Å²) in [6, 6.07) is 13.0. The molecule has 0 aliphatic carbocycles. The van der Waals surface area contributed by atoms with Crippen LogP contribution in [0.3, 0.4) is 0 Å². The molecule has 0 unspecified atom stereocenters. The molecule has 0 spiro atoms. The van der Waals surface area contributed by atoms with Gasteiger partial charge in [0.15, 0.2) is 0 Å². The van der Waals surface area contributed by atoms with E-state index in [-0.39, 0.29) is 18.4 Å². The standard InChI is InChI=1S/C20H21FN2O3/c1-15-11-12-23(22-15)18-7-3-16(4-8-18)20(24)26-14-2-13-25-19-9-5-17(21)6-10-19/h3-10H,2,11-14H2,1H3. The zero-order valence-corrected chi connectivity index (χ0v) is 14.7. The molecule has 0 fully saturated rings. The van der Waals surface area contributed by atoms with Gasteiger partial charge in [0.05, 0.1) is 24.5 Å². The van der Waals surface area contributed by atoms with E-state index in [1.165, 1.54) is 12.1 Å². The molecule has 0 saturated heterocycles. The number of halogens is 1. The molecule has 2 aromatic carbocycles. The van der Waals surface area contributed by atoms with E-state index in [9.17, 15) is 9.18 Å². The maximum absolute atomic E-state index is 12.8. The van der Waals surface area contributed by atoms with E-state index >= 15 is 0 Å². The Morgan fingerprint density at radius 1 is 1.12 bits per heavy atom. The van der Waals surface area contributed by atoms with Crippen molar-refractivity contribution in [1.82, 2.24) is 0 Å². The topological polar surface area (TPSA) is 51.1 Å². The fourth-order valence-corrected chi connectivity index (χ4v) is 2.56. The number of hydrazone groups is 1. The summed E-state index contributed by atoms with van der Waals surface area (Å²) in [6.07, 6.45) is 1.52. The van der Waals surface area contributed by atoms with Crippen LogP contribution in [-0.2, 0) is 4.74 Å². The van der Waals surface area contributed by atoms with Crippen molar-refractivity contribution >= 4 is 17.4 Å². The molecule has 6 heteroatoms. The predicted octanol–water partition coefficient (Wildman–Crippen LogP) is 4.04. The van der Waals surface area contributed by atoms with E-state index in [1.807, 2.05) is 24.1 Å². The summed E-state index contributed by atoms with van der Waals surface area (Å²) in [5.41, 5.74) is 2.58. The molecule has 3 rings (SSSR count). The van der Waals surface area contributed by atoms with Gasteiger partial charge in [-0.3, -0.25) is 5.01 Å². The highest BCUT2D eigenvalue weighted by molar-refractivity contribution is 5.90. The second-order valence-electron chi connectivity index (χ2n) is 6.05. The van der Waals surface area contributed by atoms with Gasteiger partial charge in [0.25, 0.3) is 0 Å². The van der Waals surface area contributed by atoms with Gasteiger partial charge in [-0.1, -0.05) is 0 Å². The number of anilines is 1. The average molecular weight is 356 g/mol. The van der Waals surface area contributed by atoms with Crippen LogP contribution in [0.4, 0.5) is 10.1 Å². The number of nitrogens with zero attached hydrogens (tertiary/aromatic N) is 2. The fourth-order valence-electron chi connectivity index (χ4n) is 2.56. The molecule has 0 bridgehead atoms. The maximum atomic E-state index is 12.8. The van der Waals surface area contributed by atoms with Gasteiger partial charge < -0.3 is 9.47 Å². The second kappa shape index (κ2) is 8.47. The van der Waals surface area contributed by atoms with Crippen LogP contribution in [0.5, 0.6) is 5.75 Å². The van der Waals surface area contributed by atoms with E-state index in [0.717, 1.165) is 24.4 Å². The van der Waals surface area contributed by atoms with E-state index in [2.05, 4.69) is 5.10 Å². The van der Waals surface area contributed by atoms with Gasteiger partial charge in [-0.25, -0.2) is 9.18 Å². The summed E-state index contributed by atoms with van der Waals surface area (Å²) in [7, 11) is 0. The van der Waals surface area contributed by atoms with Crippen molar-refractivity contribution in [3.05, 3.63) is 59.9 Å². The van der Waals surface area contributed by atoms with Gasteiger partial charge in [0.1, 0.15) is 11.6 Å². The van der Waals surface area contributed by atoms with Gasteiger partial charge in [-0.05, 0) is 55.5 Å². The van der Waals surface area contributed by atoms with Gasteiger partial charge in [0.2, 0.25) is 0 Å². The number of hydrogen-bond donors (Lipinski definition) is 0. The third-order valence-electron chi connectivity index (χ3n) is 3.98. The molecule has 0 radical (unpaired) electrons. The molecule has 0 saturated carbocycles. The lowest BCUT2D eigenvalue weighted by Gasteiger charge is -2.13. The minimum atomic E-state index is -0.362. The average Bonchev–Trinajstić information content (AvgIpc) is 3.09. The van der Waals surface area contributed by atoms with Crippen molar-refractivity contribution < 1.29 is 18.7 Å². The van der Waals surface area contributed by atoms with Gasteiger partial charge >= 0.3 is 5.97 Å². The first-order valence-corrected chi connectivity index (χ1v) is 8.59. The van der Waals surface area contributed by atoms with Crippen LogP contribution >= 0.6 is 0 Å². The van der Waals surface area contributed by atoms with Crippen molar-refractivity contribution in [2.24, 2.45) is 5.10 Å². The molecule has 2 aromatic rings. The Balaban J connectivity index is 1.40. The molecular formula is C20H21FN2O3. The van der Waals surface area contributed by atoms with E-state index in [0.29, 0.717) is 24.3 Å². The fraction of sp³-hybridized carbons (Fsp3) is 0.300. The summed E-state index contributed by atoms with van der Waals surface area (Å²) in [5, 5.41) is 6.36. The Morgan fingerprint density at radius 3 is 2.50 bits per heavy atom. The first kappa shape index (κ1) is 17.9. The third-order valence-corrected chi connectivity index (χ3v) is 3.98. The van der Waals surface area contributed by atoms with Crippen LogP contribution in [0, 0.1) is 5.82 Å². The molecule has 1 aliphatic rings. The largest absolute Gasteiger partial charge is 0.493 e. The Morgan fingerprint density at radius 2 is 1.85 bits per heavy atom. The summed E-state index contributed by atoms with van der Waals surface area (Å²) < 4.78 is 23.5. The van der Waals surface area contributed by atoms with Crippen molar-refractivity contribution in [3.8, 4) is 5.75 Å². The lowest BCUT2D eigenvalue weighted by molar-refractivity contribution is 0.0486. The lowest BCUT2D eigenvalue weighted by atomic mass is 10.2. The van der Waals surface area contributed by atoms with Crippen molar-refractivity contribution in [2.45, 2.75) is 19.8 Å². The van der Waals surface area contributed by atoms with Gasteiger partial charge in [-0.15, -0.1) is 0 Å². The first-order chi connectivity index (χ1) is 12.6. The Kier molecular flexibility index (Phi) is 5.84. The minimum Gasteiger partial charge on any atom is -0.493 e. The van der Waals surface area contributed by atoms with Gasteiger partial charge in [0, 0.05) is 25.1 Å². The number of benzene rings is 2. The highest BCUT2D eigenvalue weighted by atomic mass is 19.1. The van der Waals surface area contributed by atoms with E-state index < -0.39 is 0 Å². The molecule has 0 atom stereocenters. The lowest BCUT2D eigenvalue weighted by Crippen LogP contribution is -2.12. The summed E-state index contributed by atoms with van der Waals surface area (Å²) in [5.74, 6) is -0.0727. The number of carbonyl (C=O) groups excluding carboxylic acids is 1. The normalized spacial score (nSPS) is 13.5. The van der Waals surface area contributed by atoms with Crippen LogP contribution in [0.1, 0.15) is 30.1 Å². The van der Waals surface area contributed by atoms with Crippen LogP contribution in [0.25, 0.3) is 0 Å². The van der Waals surface area contributed by atoms with E-state index in [1.54, 1.807) is 24.3 Å².